The Morgan fingerprint density at radius 2 is 1.08 bits per heavy atom. The molecule has 7 nitrogen and oxygen atoms in total. The maximum Gasteiger partial charge on any atom is 0.323 e. The Labute approximate surface area is 227 Å². The first-order valence-electron chi connectivity index (χ1n) is 11.3. The van der Waals surface area contributed by atoms with E-state index in [1.807, 2.05) is 0 Å². The second-order valence-electron chi connectivity index (χ2n) is 9.25. The summed E-state index contributed by atoms with van der Waals surface area (Å²) in [6.45, 7) is 0. The van der Waals surface area contributed by atoms with E-state index in [9.17, 15) is 14.4 Å². The normalized spacial score (nSPS) is 32.8. The van der Waals surface area contributed by atoms with Crippen molar-refractivity contribution in [2.24, 2.45) is 23.7 Å². The molecule has 2 N–H and O–H groups in total. The Kier molecular flexibility index (Phi) is 7.00. The molecule has 1 aliphatic carbocycles. The summed E-state index contributed by atoms with van der Waals surface area (Å²) in [5.41, 5.74) is 1.43. The van der Waals surface area contributed by atoms with Gasteiger partial charge in [-0.25, -0.2) is 0 Å². The summed E-state index contributed by atoms with van der Waals surface area (Å²) in [5, 5.41) is 7.99. The van der Waals surface area contributed by atoms with Crippen molar-refractivity contribution in [2.75, 3.05) is 14.2 Å². The van der Waals surface area contributed by atoms with Crippen LogP contribution in [-0.2, 0) is 23.9 Å². The molecule has 1 saturated carbocycles. The summed E-state index contributed by atoms with van der Waals surface area (Å²) in [6.07, 6.45) is 0. The van der Waals surface area contributed by atoms with E-state index in [1.54, 1.807) is 36.4 Å². The molecular formula is C25H22Cl4N2O5. The first kappa shape index (κ1) is 25.8. The van der Waals surface area contributed by atoms with E-state index in [-0.39, 0.29) is 5.78 Å². The van der Waals surface area contributed by atoms with Gasteiger partial charge in [0.25, 0.3) is 0 Å². The van der Waals surface area contributed by atoms with Crippen LogP contribution in [-0.4, -0.2) is 44.0 Å². The van der Waals surface area contributed by atoms with Crippen molar-refractivity contribution in [1.29, 1.82) is 0 Å². The van der Waals surface area contributed by atoms with Gasteiger partial charge in [-0.15, -0.1) is 0 Å². The highest BCUT2D eigenvalue weighted by Crippen LogP contribution is 2.58. The lowest BCUT2D eigenvalue weighted by Gasteiger charge is -2.25. The predicted octanol–water partition coefficient (Wildman–Crippen LogP) is 4.42. The monoisotopic (exact) mass is 570 g/mol. The van der Waals surface area contributed by atoms with Crippen molar-refractivity contribution in [3.8, 4) is 0 Å². The standard InChI is InChI=1S/C25H22Cl4N2O5/c1-35-24(33)21-15-16-18(23(32)17(15)19(30-21)9-3-5-11(26)13(28)7-9)20(31-22(16)25(34)36-2)10-4-6-12(27)14(29)8-10/h3-8,15-22,30-31H,1-2H3/t15-,16-,17+,18+,19+,20+,21+,22+/m1/s1. The number of ether oxygens (including phenoxy) is 2. The minimum absolute atomic E-state index is 0.0741. The van der Waals surface area contributed by atoms with E-state index >= 15 is 0 Å². The van der Waals surface area contributed by atoms with Gasteiger partial charge in [0.2, 0.25) is 0 Å². The van der Waals surface area contributed by atoms with E-state index in [4.69, 9.17) is 55.9 Å². The maximum atomic E-state index is 14.2. The fourth-order valence-corrected chi connectivity index (χ4v) is 6.87. The van der Waals surface area contributed by atoms with Crippen LogP contribution in [0.3, 0.4) is 0 Å². The van der Waals surface area contributed by atoms with Crippen LogP contribution in [0.1, 0.15) is 23.2 Å². The van der Waals surface area contributed by atoms with Crippen LogP contribution >= 0.6 is 46.4 Å². The molecule has 0 unspecified atom stereocenters. The molecule has 2 aromatic carbocycles. The number of Topliss-reactive ketones (excluding diaryl/α,β-unsaturated/α-hetero) is 1. The summed E-state index contributed by atoms with van der Waals surface area (Å²) in [4.78, 5) is 40.0. The number of rotatable bonds is 4. The smallest absolute Gasteiger partial charge is 0.323 e. The first-order valence-corrected chi connectivity index (χ1v) is 12.8. The number of nitrogens with one attached hydrogen (secondary N) is 2. The molecule has 0 radical (unpaired) electrons. The van der Waals surface area contributed by atoms with Crippen molar-refractivity contribution in [1.82, 2.24) is 10.6 Å². The lowest BCUT2D eigenvalue weighted by Crippen LogP contribution is -2.46. The molecule has 2 aliphatic heterocycles. The average Bonchev–Trinajstić information content (AvgIpc) is 3.52. The molecule has 0 amide bonds. The summed E-state index contributed by atoms with van der Waals surface area (Å²) in [5.74, 6) is -3.38. The molecule has 5 rings (SSSR count). The van der Waals surface area contributed by atoms with Gasteiger partial charge in [-0.2, -0.15) is 0 Å². The topological polar surface area (TPSA) is 93.7 Å². The zero-order chi connectivity index (χ0) is 25.9. The van der Waals surface area contributed by atoms with E-state index in [2.05, 4.69) is 10.6 Å². The molecule has 36 heavy (non-hydrogen) atoms. The van der Waals surface area contributed by atoms with E-state index < -0.39 is 59.8 Å². The highest BCUT2D eigenvalue weighted by molar-refractivity contribution is 6.42. The molecule has 0 spiro atoms. The lowest BCUT2D eigenvalue weighted by atomic mass is 9.79. The molecule has 3 aliphatic rings. The van der Waals surface area contributed by atoms with Gasteiger partial charge in [-0.05, 0) is 35.4 Å². The Bertz CT molecular complexity index is 1160. The second kappa shape index (κ2) is 9.78. The van der Waals surface area contributed by atoms with Gasteiger partial charge < -0.3 is 9.47 Å². The number of ketones is 1. The first-order chi connectivity index (χ1) is 17.2. The van der Waals surface area contributed by atoms with E-state index in [1.165, 1.54) is 14.2 Å². The number of hydrogen-bond acceptors (Lipinski definition) is 7. The third-order valence-corrected chi connectivity index (χ3v) is 9.13. The fraction of sp³-hybridized carbons (Fsp3) is 0.400. The lowest BCUT2D eigenvalue weighted by molar-refractivity contribution is -0.147. The summed E-state index contributed by atoms with van der Waals surface area (Å²) < 4.78 is 10.2. The molecule has 3 fully saturated rings. The molecule has 2 aromatic rings. The zero-order valence-electron chi connectivity index (χ0n) is 19.1. The minimum Gasteiger partial charge on any atom is -0.468 e. The van der Waals surface area contributed by atoms with Gasteiger partial charge in [0.15, 0.2) is 0 Å². The Hall–Kier alpha value is -1.87. The quantitative estimate of drug-likeness (QED) is 0.525. The number of halogens is 4. The second-order valence-corrected chi connectivity index (χ2v) is 10.9. The molecule has 8 atom stereocenters. The third-order valence-electron chi connectivity index (χ3n) is 7.65. The van der Waals surface area contributed by atoms with Crippen LogP contribution in [0.2, 0.25) is 20.1 Å². The van der Waals surface area contributed by atoms with Crippen LogP contribution in [0.25, 0.3) is 0 Å². The molecule has 0 bridgehead atoms. The number of esters is 2. The fourth-order valence-electron chi connectivity index (χ4n) is 6.25. The van der Waals surface area contributed by atoms with Gasteiger partial charge in [0, 0.05) is 35.8 Å². The van der Waals surface area contributed by atoms with Crippen LogP contribution in [0.4, 0.5) is 0 Å². The molecule has 0 aromatic heterocycles. The predicted molar refractivity (Wildman–Crippen MR) is 135 cm³/mol. The van der Waals surface area contributed by atoms with Gasteiger partial charge >= 0.3 is 11.9 Å². The largest absolute Gasteiger partial charge is 0.468 e. The summed E-state index contributed by atoms with van der Waals surface area (Å²) >= 11 is 24.8. The van der Waals surface area contributed by atoms with Crippen molar-refractivity contribution >= 4 is 64.1 Å². The Balaban J connectivity index is 1.62. The van der Waals surface area contributed by atoms with Crippen LogP contribution < -0.4 is 10.6 Å². The van der Waals surface area contributed by atoms with Crippen molar-refractivity contribution < 1.29 is 23.9 Å². The maximum absolute atomic E-state index is 14.2. The zero-order valence-corrected chi connectivity index (χ0v) is 22.2. The van der Waals surface area contributed by atoms with Gasteiger partial charge in [0.05, 0.1) is 34.3 Å². The third kappa shape index (κ3) is 4.01. The molecule has 190 valence electrons. The molecule has 2 saturated heterocycles. The number of methoxy groups -OCH3 is 2. The van der Waals surface area contributed by atoms with Gasteiger partial charge in [-0.1, -0.05) is 58.5 Å². The van der Waals surface area contributed by atoms with Crippen molar-refractivity contribution in [3.05, 3.63) is 67.6 Å². The highest BCUT2D eigenvalue weighted by atomic mass is 35.5. The Morgan fingerprint density at radius 1 is 0.694 bits per heavy atom. The summed E-state index contributed by atoms with van der Waals surface area (Å²) in [6, 6.07) is 7.53. The highest BCUT2D eigenvalue weighted by Gasteiger charge is 2.68. The average molecular weight is 572 g/mol. The summed E-state index contributed by atoms with van der Waals surface area (Å²) in [7, 11) is 2.59. The van der Waals surface area contributed by atoms with E-state index in [0.717, 1.165) is 0 Å². The number of carbonyl (C=O) groups excluding carboxylic acids is 3. The van der Waals surface area contributed by atoms with Crippen LogP contribution in [0.5, 0.6) is 0 Å². The van der Waals surface area contributed by atoms with Gasteiger partial charge in [-0.3, -0.25) is 25.0 Å². The molecular weight excluding hydrogens is 550 g/mol. The Morgan fingerprint density at radius 3 is 1.42 bits per heavy atom. The molecule has 2 heterocycles. The number of hydrogen-bond donors (Lipinski definition) is 2. The van der Waals surface area contributed by atoms with Crippen molar-refractivity contribution in [2.45, 2.75) is 24.2 Å². The van der Waals surface area contributed by atoms with Crippen LogP contribution in [0, 0.1) is 23.7 Å². The molecule has 11 heteroatoms. The SMILES string of the molecule is COC(=O)[C@H]1N[C@@H](c2ccc(Cl)c(Cl)c2)[C@H]2C(=O)[C@H]3[C@@H]([C@H]21)[C@@H](C(=O)OC)N[C@H]3c1ccc(Cl)c(Cl)c1. The number of carbonyl (C=O) groups is 3. The van der Waals surface area contributed by atoms with Crippen LogP contribution in [0.15, 0.2) is 36.4 Å². The minimum atomic E-state index is -0.820. The number of fused-ring (bicyclic) bond motifs is 3. The number of benzene rings is 2. The van der Waals surface area contributed by atoms with Gasteiger partial charge in [0.1, 0.15) is 17.9 Å². The van der Waals surface area contributed by atoms with Crippen molar-refractivity contribution in [3.63, 3.8) is 0 Å². The van der Waals surface area contributed by atoms with E-state index in [0.29, 0.717) is 31.2 Å².